The molecule has 92 valence electrons. The van der Waals surface area contributed by atoms with Crippen molar-refractivity contribution in [2.75, 3.05) is 4.72 Å². The number of aromatic nitrogens is 2. The third-order valence-electron chi connectivity index (χ3n) is 2.09. The van der Waals surface area contributed by atoms with Crippen LogP contribution in [0.15, 0.2) is 27.1 Å². The second kappa shape index (κ2) is 4.43. The van der Waals surface area contributed by atoms with Crippen LogP contribution >= 0.6 is 27.3 Å². The molecule has 8 heteroatoms. The maximum atomic E-state index is 12.1. The van der Waals surface area contributed by atoms with E-state index in [1.54, 1.807) is 26.2 Å². The van der Waals surface area contributed by atoms with Crippen LogP contribution in [-0.4, -0.2) is 18.2 Å². The van der Waals surface area contributed by atoms with Gasteiger partial charge in [0.25, 0.3) is 10.0 Å². The molecule has 2 heterocycles. The fourth-order valence-electron chi connectivity index (χ4n) is 1.38. The number of aryl methyl sites for hydroxylation is 2. The van der Waals surface area contributed by atoms with Gasteiger partial charge in [-0.2, -0.15) is 5.10 Å². The van der Waals surface area contributed by atoms with Crippen LogP contribution in [0.4, 0.5) is 5.69 Å². The largest absolute Gasteiger partial charge is 0.276 e. The van der Waals surface area contributed by atoms with Crippen LogP contribution in [0.2, 0.25) is 0 Å². The maximum absolute atomic E-state index is 12.1. The Morgan fingerprint density at radius 3 is 2.71 bits per heavy atom. The van der Waals surface area contributed by atoms with E-state index in [1.165, 1.54) is 22.2 Å². The van der Waals surface area contributed by atoms with Crippen molar-refractivity contribution in [2.45, 2.75) is 11.8 Å². The van der Waals surface area contributed by atoms with Crippen molar-refractivity contribution in [3.63, 3.8) is 0 Å². The van der Waals surface area contributed by atoms with Gasteiger partial charge in [-0.25, -0.2) is 8.42 Å². The number of nitrogens with zero attached hydrogens (tertiary/aromatic N) is 2. The Bertz CT molecular complexity index is 645. The molecule has 0 fully saturated rings. The average molecular weight is 336 g/mol. The molecule has 0 aliphatic heterocycles. The van der Waals surface area contributed by atoms with Crippen LogP contribution in [0.3, 0.4) is 0 Å². The van der Waals surface area contributed by atoms with Crippen LogP contribution in [0.25, 0.3) is 0 Å². The fraction of sp³-hybridized carbons (Fsp3) is 0.222. The van der Waals surface area contributed by atoms with E-state index in [0.29, 0.717) is 10.6 Å². The molecule has 2 aromatic rings. The molecule has 2 aromatic heterocycles. The molecule has 5 nitrogen and oxygen atoms in total. The van der Waals surface area contributed by atoms with Crippen LogP contribution in [0.1, 0.15) is 4.88 Å². The minimum atomic E-state index is -3.53. The number of thiophene rings is 1. The molecule has 0 aromatic carbocycles. The number of hydrogen-bond donors (Lipinski definition) is 1. The summed E-state index contributed by atoms with van der Waals surface area (Å²) in [5, 5.41) is 3.91. The lowest BCUT2D eigenvalue weighted by atomic mass is 10.5. The number of halogens is 1. The SMILES string of the molecule is Cc1sc(Br)cc1S(=O)(=O)Nc1cnn(C)c1. The molecule has 0 unspecified atom stereocenters. The predicted octanol–water partition coefficient (Wildman–Crippen LogP) is 2.35. The minimum absolute atomic E-state index is 0.290. The Hall–Kier alpha value is -0.860. The normalized spacial score (nSPS) is 11.7. The van der Waals surface area contributed by atoms with Crippen LogP contribution in [-0.2, 0) is 17.1 Å². The minimum Gasteiger partial charge on any atom is -0.276 e. The standard InChI is InChI=1S/C9H10BrN3O2S2/c1-6-8(3-9(10)16-6)17(14,15)12-7-4-11-13(2)5-7/h3-5,12H,1-2H3. The van der Waals surface area contributed by atoms with Gasteiger partial charge in [0, 0.05) is 18.1 Å². The third-order valence-corrected chi connectivity index (χ3v) is 5.28. The summed E-state index contributed by atoms with van der Waals surface area (Å²) < 4.78 is 29.0. The van der Waals surface area contributed by atoms with E-state index in [9.17, 15) is 8.42 Å². The van der Waals surface area contributed by atoms with Crippen molar-refractivity contribution in [3.05, 3.63) is 27.1 Å². The molecule has 0 atom stereocenters. The van der Waals surface area contributed by atoms with Gasteiger partial charge in [-0.05, 0) is 28.9 Å². The Labute approximate surface area is 112 Å². The van der Waals surface area contributed by atoms with E-state index in [2.05, 4.69) is 25.8 Å². The average Bonchev–Trinajstić information content (AvgIpc) is 2.72. The van der Waals surface area contributed by atoms with Crippen LogP contribution < -0.4 is 4.72 Å². The molecule has 0 saturated carbocycles. The topological polar surface area (TPSA) is 64.0 Å². The van der Waals surface area contributed by atoms with Crippen molar-refractivity contribution in [1.82, 2.24) is 9.78 Å². The summed E-state index contributed by atoms with van der Waals surface area (Å²) in [6.45, 7) is 1.77. The van der Waals surface area contributed by atoms with E-state index >= 15 is 0 Å². The first-order valence-electron chi connectivity index (χ1n) is 4.66. The quantitative estimate of drug-likeness (QED) is 0.936. The van der Waals surface area contributed by atoms with E-state index in [4.69, 9.17) is 0 Å². The summed E-state index contributed by atoms with van der Waals surface area (Å²) in [6.07, 6.45) is 3.07. The number of sulfonamides is 1. The lowest BCUT2D eigenvalue weighted by molar-refractivity contribution is 0.601. The summed E-state index contributed by atoms with van der Waals surface area (Å²) >= 11 is 4.66. The van der Waals surface area contributed by atoms with Gasteiger partial charge in [0.2, 0.25) is 0 Å². The Morgan fingerprint density at radius 2 is 2.24 bits per heavy atom. The van der Waals surface area contributed by atoms with E-state index in [-0.39, 0.29) is 0 Å². The summed E-state index contributed by atoms with van der Waals surface area (Å²) in [5.74, 6) is 0. The van der Waals surface area contributed by atoms with Gasteiger partial charge in [0.15, 0.2) is 0 Å². The molecule has 0 amide bonds. The highest BCUT2D eigenvalue weighted by Gasteiger charge is 2.19. The van der Waals surface area contributed by atoms with Gasteiger partial charge in [-0.15, -0.1) is 11.3 Å². The van der Waals surface area contributed by atoms with Gasteiger partial charge in [0.05, 0.1) is 15.7 Å². The molecule has 17 heavy (non-hydrogen) atoms. The second-order valence-corrected chi connectivity index (χ2v) is 7.77. The van der Waals surface area contributed by atoms with Crippen molar-refractivity contribution in [3.8, 4) is 0 Å². The van der Waals surface area contributed by atoms with Crippen molar-refractivity contribution in [2.24, 2.45) is 7.05 Å². The first kappa shape index (κ1) is 12.6. The number of nitrogens with one attached hydrogen (secondary N) is 1. The summed E-state index contributed by atoms with van der Waals surface area (Å²) in [4.78, 5) is 1.03. The molecule has 0 aliphatic carbocycles. The Morgan fingerprint density at radius 1 is 1.53 bits per heavy atom. The molecule has 0 spiro atoms. The van der Waals surface area contributed by atoms with Crippen molar-refractivity contribution in [1.29, 1.82) is 0 Å². The zero-order chi connectivity index (χ0) is 12.6. The summed E-state index contributed by atoms with van der Waals surface area (Å²) in [7, 11) is -1.81. The highest BCUT2D eigenvalue weighted by Crippen LogP contribution is 2.30. The fourth-order valence-corrected chi connectivity index (χ4v) is 4.83. The smallest absolute Gasteiger partial charge is 0.263 e. The Kier molecular flexibility index (Phi) is 3.28. The molecule has 0 radical (unpaired) electrons. The highest BCUT2D eigenvalue weighted by molar-refractivity contribution is 9.11. The molecular formula is C9H10BrN3O2S2. The summed E-state index contributed by atoms with van der Waals surface area (Å²) in [5.41, 5.74) is 0.453. The van der Waals surface area contributed by atoms with Gasteiger partial charge < -0.3 is 0 Å². The maximum Gasteiger partial charge on any atom is 0.263 e. The van der Waals surface area contributed by atoms with Gasteiger partial charge >= 0.3 is 0 Å². The van der Waals surface area contributed by atoms with E-state index < -0.39 is 10.0 Å². The van der Waals surface area contributed by atoms with Gasteiger partial charge in [-0.3, -0.25) is 9.40 Å². The Balaban J connectivity index is 2.34. The van der Waals surface area contributed by atoms with E-state index in [0.717, 1.165) is 8.66 Å². The van der Waals surface area contributed by atoms with Crippen molar-refractivity contribution >= 4 is 43.0 Å². The van der Waals surface area contributed by atoms with Gasteiger partial charge in [0.1, 0.15) is 4.90 Å². The number of rotatable bonds is 3. The van der Waals surface area contributed by atoms with Crippen LogP contribution in [0, 0.1) is 6.92 Å². The van der Waals surface area contributed by atoms with E-state index in [1.807, 2.05) is 0 Å². The lowest BCUT2D eigenvalue weighted by Gasteiger charge is -2.04. The highest BCUT2D eigenvalue weighted by atomic mass is 79.9. The zero-order valence-electron chi connectivity index (χ0n) is 9.14. The van der Waals surface area contributed by atoms with Gasteiger partial charge in [-0.1, -0.05) is 0 Å². The predicted molar refractivity (Wildman–Crippen MR) is 70.8 cm³/mol. The van der Waals surface area contributed by atoms with Crippen LogP contribution in [0.5, 0.6) is 0 Å². The third kappa shape index (κ3) is 2.70. The lowest BCUT2D eigenvalue weighted by Crippen LogP contribution is -2.12. The number of anilines is 1. The molecule has 1 N–H and O–H groups in total. The molecular weight excluding hydrogens is 326 g/mol. The first-order chi connectivity index (χ1) is 7.88. The molecule has 2 rings (SSSR count). The molecule has 0 aliphatic rings. The summed E-state index contributed by atoms with van der Waals surface area (Å²) in [6, 6.07) is 1.60. The molecule has 0 bridgehead atoms. The monoisotopic (exact) mass is 335 g/mol. The second-order valence-electron chi connectivity index (χ2n) is 3.48. The zero-order valence-corrected chi connectivity index (χ0v) is 12.4. The number of hydrogen-bond acceptors (Lipinski definition) is 4. The molecule has 0 saturated heterocycles. The first-order valence-corrected chi connectivity index (χ1v) is 7.75. The van der Waals surface area contributed by atoms with Crippen molar-refractivity contribution < 1.29 is 8.42 Å².